The van der Waals surface area contributed by atoms with Crippen LogP contribution in [-0.4, -0.2) is 54.6 Å². The fourth-order valence-electron chi connectivity index (χ4n) is 2.91. The van der Waals surface area contributed by atoms with Crippen molar-refractivity contribution < 1.29 is 26.9 Å². The number of carbonyl (C=O) groups excluding carboxylic acids is 1. The van der Waals surface area contributed by atoms with Crippen LogP contribution in [0.15, 0.2) is 41.3 Å². The molecule has 0 unspecified atom stereocenters. The van der Waals surface area contributed by atoms with Crippen LogP contribution in [0.1, 0.15) is 10.4 Å². The number of carbonyl (C=O) groups is 1. The summed E-state index contributed by atoms with van der Waals surface area (Å²) in [6, 6.07) is 5.78. The molecule has 1 aliphatic rings. The van der Waals surface area contributed by atoms with Crippen LogP contribution in [0.3, 0.4) is 0 Å². The van der Waals surface area contributed by atoms with Gasteiger partial charge >= 0.3 is 0 Å². The lowest BCUT2D eigenvalue weighted by Gasteiger charge is -2.34. The van der Waals surface area contributed by atoms with Crippen LogP contribution in [-0.2, 0) is 10.0 Å². The molecule has 0 aliphatic carbocycles. The Morgan fingerprint density at radius 1 is 1.07 bits per heavy atom. The highest BCUT2D eigenvalue weighted by atomic mass is 35.5. The minimum Gasteiger partial charge on any atom is -0.336 e. The van der Waals surface area contributed by atoms with E-state index in [0.717, 1.165) is 22.5 Å². The standard InChI is InChI=1S/C17H14ClF2N3O5S/c18-13-3-1-11(9-15(13)23(25)26)17(24)21-5-7-22(8-6-21)29(27,28)16-10-12(19)2-4-14(16)20/h1-4,9-10H,5-8H2. The molecule has 0 aromatic heterocycles. The summed E-state index contributed by atoms with van der Waals surface area (Å²) in [5, 5.41) is 10.9. The lowest BCUT2D eigenvalue weighted by molar-refractivity contribution is -0.384. The van der Waals surface area contributed by atoms with E-state index in [1.807, 2.05) is 0 Å². The predicted octanol–water partition coefficient (Wildman–Crippen LogP) is 2.67. The second-order valence-electron chi connectivity index (χ2n) is 6.19. The zero-order chi connectivity index (χ0) is 21.3. The summed E-state index contributed by atoms with van der Waals surface area (Å²) in [4.78, 5) is 23.4. The number of hydrogen-bond acceptors (Lipinski definition) is 5. The molecule has 1 amide bonds. The van der Waals surface area contributed by atoms with Crippen LogP contribution in [0.5, 0.6) is 0 Å². The fourth-order valence-corrected chi connectivity index (χ4v) is 4.60. The third-order valence-corrected chi connectivity index (χ3v) is 6.66. The maximum absolute atomic E-state index is 13.9. The quantitative estimate of drug-likeness (QED) is 0.532. The Morgan fingerprint density at radius 2 is 1.72 bits per heavy atom. The molecule has 1 fully saturated rings. The number of halogens is 3. The zero-order valence-electron chi connectivity index (χ0n) is 14.7. The number of hydrogen-bond donors (Lipinski definition) is 0. The van der Waals surface area contributed by atoms with Crippen molar-refractivity contribution in [3.8, 4) is 0 Å². The van der Waals surface area contributed by atoms with E-state index in [1.165, 1.54) is 17.0 Å². The van der Waals surface area contributed by atoms with Crippen LogP contribution >= 0.6 is 11.6 Å². The predicted molar refractivity (Wildman–Crippen MR) is 99.1 cm³/mol. The average molecular weight is 446 g/mol. The maximum atomic E-state index is 13.9. The van der Waals surface area contributed by atoms with Gasteiger partial charge in [-0.05, 0) is 30.3 Å². The molecule has 0 bridgehead atoms. The van der Waals surface area contributed by atoms with E-state index < -0.39 is 43.1 Å². The summed E-state index contributed by atoms with van der Waals surface area (Å²) in [5.41, 5.74) is -0.381. The Bertz CT molecular complexity index is 1090. The highest BCUT2D eigenvalue weighted by molar-refractivity contribution is 7.89. The van der Waals surface area contributed by atoms with E-state index >= 15 is 0 Å². The summed E-state index contributed by atoms with van der Waals surface area (Å²) < 4.78 is 53.4. The molecule has 1 heterocycles. The fraction of sp³-hybridized carbons (Fsp3) is 0.235. The number of rotatable bonds is 4. The van der Waals surface area contributed by atoms with Crippen molar-refractivity contribution in [1.82, 2.24) is 9.21 Å². The van der Waals surface area contributed by atoms with E-state index in [-0.39, 0.29) is 36.8 Å². The van der Waals surface area contributed by atoms with Crippen LogP contribution in [0.4, 0.5) is 14.5 Å². The number of sulfonamides is 1. The largest absolute Gasteiger partial charge is 0.336 e. The van der Waals surface area contributed by atoms with Crippen molar-refractivity contribution in [2.24, 2.45) is 0 Å². The first-order valence-corrected chi connectivity index (χ1v) is 10.1. The lowest BCUT2D eigenvalue weighted by atomic mass is 10.1. The molecule has 154 valence electrons. The van der Waals surface area contributed by atoms with Crippen LogP contribution in [0.25, 0.3) is 0 Å². The Balaban J connectivity index is 1.75. The molecule has 2 aromatic carbocycles. The van der Waals surface area contributed by atoms with Gasteiger partial charge in [0.25, 0.3) is 11.6 Å². The highest BCUT2D eigenvalue weighted by Gasteiger charge is 2.33. The van der Waals surface area contributed by atoms with Crippen LogP contribution < -0.4 is 0 Å². The average Bonchev–Trinajstić information content (AvgIpc) is 2.69. The Morgan fingerprint density at radius 3 is 2.34 bits per heavy atom. The molecular formula is C17H14ClF2N3O5S. The van der Waals surface area contributed by atoms with E-state index in [4.69, 9.17) is 11.6 Å². The summed E-state index contributed by atoms with van der Waals surface area (Å²) in [6.07, 6.45) is 0. The van der Waals surface area contributed by atoms with Gasteiger partial charge < -0.3 is 4.90 Å². The minimum absolute atomic E-state index is 0.0224. The highest BCUT2D eigenvalue weighted by Crippen LogP contribution is 2.26. The normalized spacial score (nSPS) is 15.3. The first-order chi connectivity index (χ1) is 13.6. The van der Waals surface area contributed by atoms with Gasteiger partial charge in [0.05, 0.1) is 4.92 Å². The summed E-state index contributed by atoms with van der Waals surface area (Å²) in [6.45, 7) is -0.323. The van der Waals surface area contributed by atoms with E-state index in [9.17, 15) is 32.1 Å². The number of piperazine rings is 1. The Labute approximate surface area is 169 Å². The van der Waals surface area contributed by atoms with E-state index in [0.29, 0.717) is 6.07 Å². The van der Waals surface area contributed by atoms with Gasteiger partial charge in [0.15, 0.2) is 0 Å². The lowest BCUT2D eigenvalue weighted by Crippen LogP contribution is -2.50. The van der Waals surface area contributed by atoms with Gasteiger partial charge in [-0.2, -0.15) is 4.31 Å². The molecule has 1 saturated heterocycles. The Hall–Kier alpha value is -2.63. The number of benzene rings is 2. The molecule has 0 N–H and O–H groups in total. The molecule has 3 rings (SSSR count). The van der Waals surface area contributed by atoms with Crippen molar-refractivity contribution >= 4 is 33.2 Å². The number of amides is 1. The molecule has 1 aliphatic heterocycles. The summed E-state index contributed by atoms with van der Waals surface area (Å²) >= 11 is 5.74. The van der Waals surface area contributed by atoms with E-state index in [2.05, 4.69) is 0 Å². The molecule has 0 atom stereocenters. The van der Waals surface area contributed by atoms with Gasteiger partial charge in [-0.1, -0.05) is 11.6 Å². The third-order valence-electron chi connectivity index (χ3n) is 4.43. The maximum Gasteiger partial charge on any atom is 0.288 e. The molecule has 0 saturated carbocycles. The SMILES string of the molecule is O=C(c1ccc(Cl)c([N+](=O)[O-])c1)N1CCN(S(=O)(=O)c2cc(F)ccc2F)CC1. The molecule has 2 aromatic rings. The van der Waals surface area contributed by atoms with Gasteiger partial charge in [-0.15, -0.1) is 0 Å². The summed E-state index contributed by atoms with van der Waals surface area (Å²) in [7, 11) is -4.28. The summed E-state index contributed by atoms with van der Waals surface area (Å²) in [5.74, 6) is -2.49. The van der Waals surface area contributed by atoms with Gasteiger partial charge in [-0.3, -0.25) is 14.9 Å². The molecule has 12 heteroatoms. The minimum atomic E-state index is -4.28. The van der Waals surface area contributed by atoms with Gasteiger partial charge in [0, 0.05) is 37.8 Å². The monoisotopic (exact) mass is 445 g/mol. The zero-order valence-corrected chi connectivity index (χ0v) is 16.3. The second kappa shape index (κ2) is 8.01. The number of nitrogens with zero attached hydrogens (tertiary/aromatic N) is 3. The van der Waals surface area contributed by atoms with Crippen molar-refractivity contribution in [3.63, 3.8) is 0 Å². The second-order valence-corrected chi connectivity index (χ2v) is 8.51. The van der Waals surface area contributed by atoms with Crippen molar-refractivity contribution in [2.75, 3.05) is 26.2 Å². The molecular weight excluding hydrogens is 432 g/mol. The van der Waals surface area contributed by atoms with Gasteiger partial charge in [0.2, 0.25) is 10.0 Å². The topological polar surface area (TPSA) is 101 Å². The van der Waals surface area contributed by atoms with Crippen molar-refractivity contribution in [1.29, 1.82) is 0 Å². The van der Waals surface area contributed by atoms with Gasteiger partial charge in [0.1, 0.15) is 21.6 Å². The number of nitro groups is 1. The Kier molecular flexibility index (Phi) is 5.82. The molecule has 29 heavy (non-hydrogen) atoms. The first kappa shape index (κ1) is 21.1. The molecule has 0 radical (unpaired) electrons. The van der Waals surface area contributed by atoms with Crippen molar-refractivity contribution in [2.45, 2.75) is 4.90 Å². The van der Waals surface area contributed by atoms with Gasteiger partial charge in [-0.25, -0.2) is 17.2 Å². The van der Waals surface area contributed by atoms with E-state index in [1.54, 1.807) is 0 Å². The van der Waals surface area contributed by atoms with Crippen LogP contribution in [0, 0.1) is 21.7 Å². The smallest absolute Gasteiger partial charge is 0.288 e. The number of nitro benzene ring substituents is 1. The molecule has 0 spiro atoms. The van der Waals surface area contributed by atoms with Crippen LogP contribution in [0.2, 0.25) is 5.02 Å². The first-order valence-electron chi connectivity index (χ1n) is 8.29. The molecule has 8 nitrogen and oxygen atoms in total. The van der Waals surface area contributed by atoms with Crippen molar-refractivity contribution in [3.05, 3.63) is 68.7 Å². The third kappa shape index (κ3) is 4.21.